The Labute approximate surface area is 183 Å². The zero-order valence-corrected chi connectivity index (χ0v) is 19.2. The molecule has 7 N–H and O–H groups in total. The minimum Gasteiger partial charge on any atom is -0.386 e. The molecular weight excluding hydrogens is 519 g/mol. The number of aliphatic hydroxyl groups excluding tert-OH is 1. The highest BCUT2D eigenvalue weighted by molar-refractivity contribution is 7.66. The van der Waals surface area contributed by atoms with Gasteiger partial charge >= 0.3 is 29.2 Å². The minimum absolute atomic E-state index is 0.423. The molecule has 2 rings (SSSR count). The van der Waals surface area contributed by atoms with Crippen molar-refractivity contribution in [2.75, 3.05) is 0 Å². The van der Waals surface area contributed by atoms with Crippen molar-refractivity contribution < 1.29 is 61.4 Å². The number of hydrogen-bond acceptors (Lipinski definition) is 12. The number of ether oxygens (including phenoxy) is 1. The molecule has 0 aliphatic carbocycles. The summed E-state index contributed by atoms with van der Waals surface area (Å²) in [5.41, 5.74) is -4.63. The second-order valence-corrected chi connectivity index (χ2v) is 10.8. The summed E-state index contributed by atoms with van der Waals surface area (Å²) < 4.78 is 51.7. The third-order valence-corrected chi connectivity index (χ3v) is 7.81. The monoisotopic (exact) mass is 537 g/mol. The van der Waals surface area contributed by atoms with Crippen molar-refractivity contribution >= 4 is 23.5 Å². The lowest BCUT2D eigenvalue weighted by molar-refractivity contribution is -0.0933. The fraction of sp³-hybridized carbons (Fsp3) is 0.583. The van der Waals surface area contributed by atoms with Crippen LogP contribution in [0, 0.1) is 11.8 Å². The Morgan fingerprint density at radius 3 is 2.33 bits per heavy atom. The average molecular weight is 537 g/mol. The lowest BCUT2D eigenvalue weighted by atomic mass is 9.93. The van der Waals surface area contributed by atoms with Gasteiger partial charge in [-0.05, 0) is 13.8 Å². The van der Waals surface area contributed by atoms with Gasteiger partial charge in [-0.2, -0.15) is 18.4 Å². The molecule has 1 aliphatic heterocycles. The van der Waals surface area contributed by atoms with E-state index in [0.717, 1.165) is 6.92 Å². The molecule has 18 nitrogen and oxygen atoms in total. The molecule has 0 bridgehead atoms. The van der Waals surface area contributed by atoms with Crippen LogP contribution in [0.5, 0.6) is 0 Å². The molecule has 186 valence electrons. The Morgan fingerprint density at radius 1 is 1.21 bits per heavy atom. The zero-order valence-electron chi connectivity index (χ0n) is 16.5. The second kappa shape index (κ2) is 9.61. The number of rotatable bonds is 8. The van der Waals surface area contributed by atoms with Crippen LogP contribution in [0.25, 0.3) is 0 Å². The topological polar surface area (TPSA) is 277 Å². The first-order valence-electron chi connectivity index (χ1n) is 8.41. The lowest BCUT2D eigenvalue weighted by Gasteiger charge is -2.26. The number of phosphoric acid groups is 3. The molecule has 0 amide bonds. The van der Waals surface area contributed by atoms with Crippen LogP contribution in [0.15, 0.2) is 15.8 Å². The number of aromatic nitrogens is 3. The molecular formula is C12H18N3O15P3. The molecule has 0 saturated carbocycles. The van der Waals surface area contributed by atoms with Gasteiger partial charge in [0, 0.05) is 0 Å². The minimum atomic E-state index is -5.81. The highest BCUT2D eigenvalue weighted by atomic mass is 31.3. The van der Waals surface area contributed by atoms with Crippen LogP contribution < -0.4 is 11.2 Å². The molecule has 0 spiro atoms. The van der Waals surface area contributed by atoms with Gasteiger partial charge in [-0.15, -0.1) is 5.92 Å². The van der Waals surface area contributed by atoms with Crippen LogP contribution in [-0.2, 0) is 31.6 Å². The van der Waals surface area contributed by atoms with Crippen molar-refractivity contribution in [1.29, 1.82) is 0 Å². The predicted molar refractivity (Wildman–Crippen MR) is 102 cm³/mol. The smallest absolute Gasteiger partial charge is 0.386 e. The summed E-state index contributed by atoms with van der Waals surface area (Å²) in [4.78, 5) is 61.1. The number of H-pyrrole nitrogens is 1. The van der Waals surface area contributed by atoms with Gasteiger partial charge < -0.3 is 34.5 Å². The largest absolute Gasteiger partial charge is 0.490 e. The Bertz CT molecular complexity index is 1210. The highest BCUT2D eigenvalue weighted by Crippen LogP contribution is 2.66. The molecule has 1 aromatic rings. The molecule has 1 saturated heterocycles. The molecule has 33 heavy (non-hydrogen) atoms. The van der Waals surface area contributed by atoms with E-state index >= 15 is 0 Å². The van der Waals surface area contributed by atoms with Gasteiger partial charge in [0.2, 0.25) is 5.60 Å². The van der Waals surface area contributed by atoms with Crippen LogP contribution >= 0.6 is 23.5 Å². The Balaban J connectivity index is 2.32. The number of nitrogens with zero attached hydrogens (tertiary/aromatic N) is 2. The number of nitrogens with one attached hydrogen (secondary N) is 1. The van der Waals surface area contributed by atoms with E-state index in [1.54, 1.807) is 0 Å². The maximum absolute atomic E-state index is 12.1. The first-order chi connectivity index (χ1) is 14.9. The molecule has 3 unspecified atom stereocenters. The molecule has 0 aromatic carbocycles. The van der Waals surface area contributed by atoms with Crippen molar-refractivity contribution in [1.82, 2.24) is 14.8 Å². The normalized spacial score (nSPS) is 30.0. The Kier molecular flexibility index (Phi) is 8.06. The van der Waals surface area contributed by atoms with E-state index in [0.29, 0.717) is 10.9 Å². The number of phosphoric ester groups is 1. The molecule has 21 heteroatoms. The molecule has 7 atom stereocenters. The summed E-state index contributed by atoms with van der Waals surface area (Å²) in [6.45, 7) is 2.23. The van der Waals surface area contributed by atoms with Crippen molar-refractivity contribution in [3.05, 3.63) is 27.0 Å². The van der Waals surface area contributed by atoms with E-state index < -0.39 is 64.9 Å². The van der Waals surface area contributed by atoms with Crippen LogP contribution in [0.2, 0.25) is 0 Å². The number of aromatic amines is 1. The van der Waals surface area contributed by atoms with Crippen LogP contribution in [0.4, 0.5) is 0 Å². The van der Waals surface area contributed by atoms with Crippen molar-refractivity contribution in [2.45, 2.75) is 44.0 Å². The zero-order chi connectivity index (χ0) is 25.4. The molecule has 1 fully saturated rings. The van der Waals surface area contributed by atoms with Gasteiger partial charge in [0.1, 0.15) is 18.4 Å². The fourth-order valence-corrected chi connectivity index (χ4v) is 5.97. The summed E-state index contributed by atoms with van der Waals surface area (Å²) in [6.07, 6.45) is -6.82. The van der Waals surface area contributed by atoms with Crippen molar-refractivity contribution in [3.63, 3.8) is 0 Å². The van der Waals surface area contributed by atoms with Gasteiger partial charge in [0.25, 0.3) is 5.56 Å². The van der Waals surface area contributed by atoms with Gasteiger partial charge in [-0.3, -0.25) is 14.3 Å². The van der Waals surface area contributed by atoms with Gasteiger partial charge in [-0.25, -0.2) is 18.5 Å². The maximum Gasteiger partial charge on any atom is 0.490 e. The fourth-order valence-electron chi connectivity index (χ4n) is 2.77. The third kappa shape index (κ3) is 6.75. The van der Waals surface area contributed by atoms with E-state index in [4.69, 9.17) is 14.5 Å². The van der Waals surface area contributed by atoms with Crippen LogP contribution in [0.1, 0.15) is 20.1 Å². The van der Waals surface area contributed by atoms with Gasteiger partial charge in [0.15, 0.2) is 6.23 Å². The van der Waals surface area contributed by atoms with Crippen LogP contribution in [-0.4, -0.2) is 68.5 Å². The second-order valence-electron chi connectivity index (χ2n) is 6.38. The van der Waals surface area contributed by atoms with E-state index in [1.165, 1.54) is 6.92 Å². The summed E-state index contributed by atoms with van der Waals surface area (Å²) in [7, 11) is -17.1. The van der Waals surface area contributed by atoms with Crippen molar-refractivity contribution in [2.24, 2.45) is 0 Å². The van der Waals surface area contributed by atoms with Gasteiger partial charge in [-0.1, -0.05) is 5.92 Å². The van der Waals surface area contributed by atoms with Crippen molar-refractivity contribution in [3.8, 4) is 11.8 Å². The van der Waals surface area contributed by atoms with E-state index in [-0.39, 0.29) is 0 Å². The van der Waals surface area contributed by atoms with E-state index in [1.807, 2.05) is 4.98 Å². The van der Waals surface area contributed by atoms with E-state index in [9.17, 15) is 43.3 Å². The summed E-state index contributed by atoms with van der Waals surface area (Å²) in [5.74, 6) is 4.49. The summed E-state index contributed by atoms with van der Waals surface area (Å²) >= 11 is 0. The quantitative estimate of drug-likeness (QED) is 0.135. The first-order valence-corrected chi connectivity index (χ1v) is 12.9. The lowest BCUT2D eigenvalue weighted by Crippen LogP contribution is -2.49. The molecule has 1 aliphatic rings. The van der Waals surface area contributed by atoms with Gasteiger partial charge in [0.05, 0.1) is 6.10 Å². The van der Waals surface area contributed by atoms with Crippen LogP contribution in [0.3, 0.4) is 0 Å². The Hall–Kier alpha value is -1.54. The molecule has 1 aromatic heterocycles. The standard InChI is InChI=1S/C12H18N3O15P3/c1-3-4-12(19)9(17)8(27-10(12)15-11(18)14-7(16)5-13-15)6(2)28-32(23,24)30-33(25,26)29-31(20,21)22/h5-6,8-10,17,19H,1-2H3,(H,23,24)(H,25,26)(H,14,16,18)(H2,20,21,22)/t6-,8-,9+,10-,12?/m1/s1. The highest BCUT2D eigenvalue weighted by Gasteiger charge is 2.59. The summed E-state index contributed by atoms with van der Waals surface area (Å²) in [5, 5.41) is 24.9. The maximum atomic E-state index is 12.1. The third-order valence-electron chi connectivity index (χ3n) is 3.89. The number of hydrogen-bond donors (Lipinski definition) is 7. The summed E-state index contributed by atoms with van der Waals surface area (Å²) in [6, 6.07) is 0. The van der Waals surface area contributed by atoms with E-state index in [2.05, 4.69) is 30.1 Å². The molecule has 0 radical (unpaired) electrons. The first kappa shape index (κ1) is 27.7. The predicted octanol–water partition coefficient (Wildman–Crippen LogP) is -2.32. The Morgan fingerprint density at radius 2 is 1.82 bits per heavy atom. The molecule has 2 heterocycles. The number of aliphatic hydroxyl groups is 2. The average Bonchev–Trinajstić information content (AvgIpc) is 2.83. The SMILES string of the molecule is CC#CC1(O)[C@@H](O)[C@@H]([C@@H](C)OP(=O)(O)OP(=O)(O)OP(=O)(O)O)O[C@H]1n1ncc(=O)[nH]c1=O.